The Balaban J connectivity index is 1.60. The number of ether oxygens (including phenoxy) is 2. The number of benzene rings is 3. The number of thioether (sulfide) groups is 1. The molecule has 0 aliphatic heterocycles. The fourth-order valence-electron chi connectivity index (χ4n) is 2.91. The van der Waals surface area contributed by atoms with Crippen molar-refractivity contribution in [3.05, 3.63) is 94.2 Å². The van der Waals surface area contributed by atoms with Crippen molar-refractivity contribution >= 4 is 35.0 Å². The van der Waals surface area contributed by atoms with Gasteiger partial charge in [0.2, 0.25) is 0 Å². The van der Waals surface area contributed by atoms with E-state index >= 15 is 0 Å². The topological polar surface area (TPSA) is 49.2 Å². The van der Waals surface area contributed by atoms with Crippen LogP contribution in [0.3, 0.4) is 0 Å². The van der Waals surface area contributed by atoms with Gasteiger partial charge in [0.05, 0.1) is 7.11 Å². The fraction of sp³-hybridized carbons (Fsp3) is 0.130. The van der Waals surface area contributed by atoms with Gasteiger partial charge in [-0.3, -0.25) is 4.57 Å². The molecule has 4 rings (SSSR count). The summed E-state index contributed by atoms with van der Waals surface area (Å²) in [5.41, 5.74) is 1.96. The van der Waals surface area contributed by atoms with Crippen molar-refractivity contribution < 1.29 is 9.47 Å². The first-order chi connectivity index (χ1) is 15.1. The van der Waals surface area contributed by atoms with E-state index < -0.39 is 0 Å². The van der Waals surface area contributed by atoms with Crippen molar-refractivity contribution in [2.75, 3.05) is 7.11 Å². The number of hydrogen-bond acceptors (Lipinski definition) is 5. The van der Waals surface area contributed by atoms with E-state index in [1.165, 1.54) is 0 Å². The first-order valence-electron chi connectivity index (χ1n) is 9.47. The first-order valence-corrected chi connectivity index (χ1v) is 11.2. The van der Waals surface area contributed by atoms with Crippen LogP contribution in [0.4, 0.5) is 0 Å². The molecule has 0 fully saturated rings. The molecule has 0 N–H and O–H groups in total. The maximum absolute atomic E-state index is 6.32. The van der Waals surface area contributed by atoms with E-state index in [1.807, 2.05) is 65.2 Å². The van der Waals surface area contributed by atoms with E-state index in [9.17, 15) is 0 Å². The Morgan fingerprint density at radius 2 is 1.58 bits per heavy atom. The van der Waals surface area contributed by atoms with Crippen molar-refractivity contribution in [2.24, 2.45) is 0 Å². The van der Waals surface area contributed by atoms with Crippen molar-refractivity contribution in [3.8, 4) is 17.2 Å². The highest BCUT2D eigenvalue weighted by atomic mass is 35.5. The summed E-state index contributed by atoms with van der Waals surface area (Å²) in [6, 6.07) is 22.7. The maximum atomic E-state index is 6.32. The molecule has 4 aromatic rings. The van der Waals surface area contributed by atoms with Gasteiger partial charge in [0, 0.05) is 21.5 Å². The number of aromatic nitrogens is 3. The van der Waals surface area contributed by atoms with Gasteiger partial charge in [-0.15, -0.1) is 10.2 Å². The smallest absolute Gasteiger partial charge is 0.196 e. The Morgan fingerprint density at radius 3 is 2.29 bits per heavy atom. The quantitative estimate of drug-likeness (QED) is 0.276. The van der Waals surface area contributed by atoms with Gasteiger partial charge in [0.25, 0.3) is 0 Å². The number of rotatable bonds is 8. The number of nitrogens with zero attached hydrogens (tertiary/aromatic N) is 3. The second-order valence-electron chi connectivity index (χ2n) is 6.55. The summed E-state index contributed by atoms with van der Waals surface area (Å²) in [4.78, 5) is 0. The normalized spacial score (nSPS) is 10.8. The molecule has 8 heteroatoms. The minimum atomic E-state index is 0.257. The van der Waals surface area contributed by atoms with Crippen molar-refractivity contribution in [2.45, 2.75) is 17.5 Å². The summed E-state index contributed by atoms with van der Waals surface area (Å²) in [6.07, 6.45) is 0. The molecule has 0 atom stereocenters. The predicted octanol–water partition coefficient (Wildman–Crippen LogP) is 6.45. The monoisotopic (exact) mass is 471 g/mol. The Kier molecular flexibility index (Phi) is 7.02. The van der Waals surface area contributed by atoms with Crippen LogP contribution in [0.25, 0.3) is 5.69 Å². The van der Waals surface area contributed by atoms with Crippen molar-refractivity contribution in [1.82, 2.24) is 14.8 Å². The Bertz CT molecular complexity index is 1150. The molecule has 0 spiro atoms. The summed E-state index contributed by atoms with van der Waals surface area (Å²) < 4.78 is 13.2. The van der Waals surface area contributed by atoms with Crippen molar-refractivity contribution in [3.63, 3.8) is 0 Å². The van der Waals surface area contributed by atoms with E-state index in [1.54, 1.807) is 31.0 Å². The van der Waals surface area contributed by atoms with Gasteiger partial charge >= 0.3 is 0 Å². The molecule has 158 valence electrons. The van der Waals surface area contributed by atoms with Crippen LogP contribution in [0.1, 0.15) is 11.4 Å². The molecule has 0 unspecified atom stereocenters. The lowest BCUT2D eigenvalue weighted by atomic mass is 10.2. The third-order valence-electron chi connectivity index (χ3n) is 4.53. The van der Waals surface area contributed by atoms with Gasteiger partial charge in [-0.1, -0.05) is 53.2 Å². The zero-order valence-electron chi connectivity index (χ0n) is 16.7. The van der Waals surface area contributed by atoms with Crippen LogP contribution < -0.4 is 9.47 Å². The molecule has 0 aliphatic carbocycles. The summed E-state index contributed by atoms with van der Waals surface area (Å²) in [7, 11) is 1.64. The van der Waals surface area contributed by atoms with Crippen LogP contribution in [0.5, 0.6) is 11.5 Å². The van der Waals surface area contributed by atoms with Crippen LogP contribution in [0, 0.1) is 0 Å². The largest absolute Gasteiger partial charge is 0.497 e. The molecule has 5 nitrogen and oxygen atoms in total. The molecule has 31 heavy (non-hydrogen) atoms. The minimum absolute atomic E-state index is 0.257. The molecule has 0 saturated heterocycles. The second kappa shape index (κ2) is 10.1. The number of hydrogen-bond donors (Lipinski definition) is 0. The third kappa shape index (κ3) is 5.34. The highest BCUT2D eigenvalue weighted by molar-refractivity contribution is 7.98. The summed E-state index contributed by atoms with van der Waals surface area (Å²) in [6.45, 7) is 0.257. The lowest BCUT2D eigenvalue weighted by Crippen LogP contribution is -2.06. The van der Waals surface area contributed by atoms with E-state index in [0.717, 1.165) is 27.2 Å². The zero-order valence-corrected chi connectivity index (χ0v) is 19.0. The van der Waals surface area contributed by atoms with Gasteiger partial charge < -0.3 is 9.47 Å². The molecule has 0 bridgehead atoms. The predicted molar refractivity (Wildman–Crippen MR) is 125 cm³/mol. The van der Waals surface area contributed by atoms with E-state index in [0.29, 0.717) is 22.3 Å². The lowest BCUT2D eigenvalue weighted by molar-refractivity contribution is 0.293. The average molecular weight is 472 g/mol. The van der Waals surface area contributed by atoms with Crippen LogP contribution in [0.2, 0.25) is 10.0 Å². The van der Waals surface area contributed by atoms with Crippen LogP contribution in [-0.2, 0) is 12.4 Å². The van der Waals surface area contributed by atoms with Gasteiger partial charge in [0.15, 0.2) is 11.0 Å². The third-order valence-corrected chi connectivity index (χ3v) is 6.13. The number of halogens is 2. The Morgan fingerprint density at radius 1 is 0.871 bits per heavy atom. The molecule has 1 aromatic heterocycles. The molecule has 0 aliphatic rings. The van der Waals surface area contributed by atoms with Crippen LogP contribution in [0.15, 0.2) is 78.0 Å². The van der Waals surface area contributed by atoms with Gasteiger partial charge in [0.1, 0.15) is 18.1 Å². The van der Waals surface area contributed by atoms with Crippen molar-refractivity contribution in [1.29, 1.82) is 0 Å². The Labute approximate surface area is 194 Å². The molecule has 0 radical (unpaired) electrons. The highest BCUT2D eigenvalue weighted by Crippen LogP contribution is 2.29. The number of methoxy groups -OCH3 is 1. The molecule has 3 aromatic carbocycles. The molecule has 1 heterocycles. The first kappa shape index (κ1) is 21.6. The Hall–Kier alpha value is -2.67. The highest BCUT2D eigenvalue weighted by Gasteiger charge is 2.16. The van der Waals surface area contributed by atoms with Crippen LogP contribution >= 0.6 is 35.0 Å². The molecule has 0 saturated carbocycles. The average Bonchev–Trinajstić information content (AvgIpc) is 3.21. The lowest BCUT2D eigenvalue weighted by Gasteiger charge is -2.12. The van der Waals surface area contributed by atoms with E-state index in [4.69, 9.17) is 32.7 Å². The molecular weight excluding hydrogens is 453 g/mol. The maximum Gasteiger partial charge on any atom is 0.196 e. The summed E-state index contributed by atoms with van der Waals surface area (Å²) in [5.74, 6) is 2.84. The van der Waals surface area contributed by atoms with E-state index in [2.05, 4.69) is 10.2 Å². The second-order valence-corrected chi connectivity index (χ2v) is 8.34. The summed E-state index contributed by atoms with van der Waals surface area (Å²) in [5, 5.41) is 10.9. The molecular formula is C23H19Cl2N3O2S. The summed E-state index contributed by atoms with van der Waals surface area (Å²) >= 11 is 13.8. The standard InChI is InChI=1S/C23H19Cl2N3O2S/c1-29-19-12-8-18(9-13-19)28-22(14-30-20-10-6-17(24)7-11-20)26-27-23(28)31-15-16-4-2-3-5-21(16)25/h2-13H,14-15H2,1H3. The van der Waals surface area contributed by atoms with Gasteiger partial charge in [-0.2, -0.15) is 0 Å². The van der Waals surface area contributed by atoms with Gasteiger partial charge in [-0.05, 0) is 60.2 Å². The minimum Gasteiger partial charge on any atom is -0.497 e. The SMILES string of the molecule is COc1ccc(-n2c(COc3ccc(Cl)cc3)nnc2SCc2ccccc2Cl)cc1. The van der Waals surface area contributed by atoms with Gasteiger partial charge in [-0.25, -0.2) is 0 Å². The van der Waals surface area contributed by atoms with E-state index in [-0.39, 0.29) is 6.61 Å². The zero-order chi connectivity index (χ0) is 21.6. The molecule has 0 amide bonds. The fourth-order valence-corrected chi connectivity index (χ4v) is 4.30. The van der Waals surface area contributed by atoms with Crippen LogP contribution in [-0.4, -0.2) is 21.9 Å².